The Bertz CT molecular complexity index is 3510. The Hall–Kier alpha value is -7.21. The zero-order chi connectivity index (χ0) is 43.1. The summed E-state index contributed by atoms with van der Waals surface area (Å²) < 4.78 is 13.3. The van der Waals surface area contributed by atoms with E-state index in [1.807, 2.05) is 24.4 Å². The second kappa shape index (κ2) is 15.8. The van der Waals surface area contributed by atoms with E-state index in [4.69, 9.17) is 9.72 Å². The maximum atomic E-state index is 6.71. The number of pyridine rings is 1. The van der Waals surface area contributed by atoms with Crippen molar-refractivity contribution in [3.8, 4) is 62.1 Å². The van der Waals surface area contributed by atoms with Gasteiger partial charge >= 0.3 is 6.85 Å². The molecule has 0 N–H and O–H groups in total. The van der Waals surface area contributed by atoms with E-state index < -0.39 is 0 Å². The zero-order valence-electron chi connectivity index (χ0n) is 36.4. The van der Waals surface area contributed by atoms with Crippen molar-refractivity contribution in [2.45, 2.75) is 26.2 Å². The number of aromatic nitrogens is 4. The molecule has 0 radical (unpaired) electrons. The van der Waals surface area contributed by atoms with E-state index in [1.54, 1.807) is 0 Å². The summed E-state index contributed by atoms with van der Waals surface area (Å²) in [7, 11) is 2.17. The van der Waals surface area contributed by atoms with Gasteiger partial charge in [0.05, 0.1) is 17.0 Å². The fourth-order valence-corrected chi connectivity index (χ4v) is 9.76. The smallest absolute Gasteiger partial charge is 0.320 e. The third-order valence-corrected chi connectivity index (χ3v) is 12.8. The standard InChI is InChI=1S/C57H42BN5O.Pt/c1-57(2,3)39-30-32-59-54(34-39)63-51-27-13-11-23-47(51)48-29-28-42(36-53(48)63)64-41-19-14-18-40(35-41)61-37-62-55-43(38-16-6-5-7-17-38)24-15-25-49(55)45-21-9-8-20-44(45)46-22-10-12-26-50(46)58-56(62)52(61)31-33-60(58)4;/h5-34H,1-4H3;/q-2;. The third kappa shape index (κ3) is 6.68. The van der Waals surface area contributed by atoms with Crippen molar-refractivity contribution in [1.29, 1.82) is 0 Å². The van der Waals surface area contributed by atoms with Crippen LogP contribution in [0.15, 0.2) is 176 Å². The molecule has 0 fully saturated rings. The number of para-hydroxylation sites is 2. The molecule has 0 spiro atoms. The maximum absolute atomic E-state index is 6.71. The summed E-state index contributed by atoms with van der Waals surface area (Å²) in [5.41, 5.74) is 15.4. The predicted octanol–water partition coefficient (Wildman–Crippen LogP) is 11.1. The molecule has 0 aliphatic carbocycles. The fourth-order valence-electron chi connectivity index (χ4n) is 9.76. The largest absolute Gasteiger partial charge is 0.510 e. The molecule has 12 rings (SSSR count). The van der Waals surface area contributed by atoms with Gasteiger partial charge in [0.15, 0.2) is 0 Å². The normalized spacial score (nSPS) is 12.7. The van der Waals surface area contributed by atoms with Gasteiger partial charge in [-0.25, -0.2) is 4.98 Å². The van der Waals surface area contributed by atoms with Crippen LogP contribution in [0.5, 0.6) is 11.5 Å². The van der Waals surface area contributed by atoms with Gasteiger partial charge in [0.1, 0.15) is 5.82 Å². The molecule has 0 saturated carbocycles. The van der Waals surface area contributed by atoms with Crippen molar-refractivity contribution in [3.63, 3.8) is 0 Å². The average molecular weight is 1020 g/mol. The quantitative estimate of drug-likeness (QED) is 0.0980. The Kier molecular flexibility index (Phi) is 9.86. The first-order chi connectivity index (χ1) is 31.3. The first kappa shape index (κ1) is 40.6. The van der Waals surface area contributed by atoms with Crippen molar-refractivity contribution in [2.75, 3.05) is 7.05 Å². The molecule has 0 amide bonds. The summed E-state index contributed by atoms with van der Waals surface area (Å²) in [6.45, 7) is 6.56. The first-order valence-electron chi connectivity index (χ1n) is 21.8. The predicted molar refractivity (Wildman–Crippen MR) is 259 cm³/mol. The average Bonchev–Trinajstić information content (AvgIpc) is 3.88. The molecule has 0 unspecified atom stereocenters. The molecule has 316 valence electrons. The number of hydrogen-bond acceptors (Lipinski definition) is 3. The Labute approximate surface area is 394 Å². The summed E-state index contributed by atoms with van der Waals surface area (Å²) in [6.07, 6.45) is 10.2. The molecule has 0 atom stereocenters. The summed E-state index contributed by atoms with van der Waals surface area (Å²) in [5, 5.41) is 2.22. The Morgan fingerprint density at radius 1 is 0.646 bits per heavy atom. The van der Waals surface area contributed by atoms with Crippen LogP contribution in [0.1, 0.15) is 32.0 Å². The second-order valence-electron chi connectivity index (χ2n) is 17.7. The van der Waals surface area contributed by atoms with Crippen molar-refractivity contribution >= 4 is 45.8 Å². The van der Waals surface area contributed by atoms with Crippen LogP contribution >= 0.6 is 0 Å². The number of fused-ring (bicyclic) bond motifs is 10. The fraction of sp³-hybridized carbons (Fsp3) is 0.0877. The van der Waals surface area contributed by atoms with Crippen LogP contribution in [-0.4, -0.2) is 32.8 Å². The van der Waals surface area contributed by atoms with Crippen LogP contribution in [0.2, 0.25) is 0 Å². The monoisotopic (exact) mass is 1020 g/mol. The van der Waals surface area contributed by atoms with Crippen molar-refractivity contribution in [2.24, 2.45) is 0 Å². The van der Waals surface area contributed by atoms with Gasteiger partial charge in [0.2, 0.25) is 0 Å². The first-order valence-corrected chi connectivity index (χ1v) is 21.8. The Morgan fingerprint density at radius 3 is 2.17 bits per heavy atom. The number of hydrogen-bond donors (Lipinski definition) is 0. The summed E-state index contributed by atoms with van der Waals surface area (Å²) in [6, 6.07) is 65.2. The van der Waals surface area contributed by atoms with Gasteiger partial charge in [0, 0.05) is 44.3 Å². The van der Waals surface area contributed by atoms with Gasteiger partial charge in [-0.3, -0.25) is 4.57 Å². The van der Waals surface area contributed by atoms with Crippen LogP contribution < -0.4 is 20.4 Å². The zero-order valence-corrected chi connectivity index (χ0v) is 38.6. The van der Waals surface area contributed by atoms with Crippen molar-refractivity contribution < 1.29 is 30.4 Å². The van der Waals surface area contributed by atoms with Gasteiger partial charge in [-0.2, -0.15) is 18.2 Å². The van der Waals surface area contributed by atoms with E-state index in [0.717, 1.165) is 67.0 Å². The Morgan fingerprint density at radius 2 is 1.34 bits per heavy atom. The Balaban J connectivity index is 0.00000469. The van der Waals surface area contributed by atoms with E-state index in [1.165, 1.54) is 27.7 Å². The molecular formula is C57H42BN5OPt-2. The SMILES string of the molecule is CN1C=Cc2c3[n+]([c-]n2-c2[c-]c(Oc4[c-]c5c(cc4)c4ccccc4n5-c4cc(C(C)(C)C)ccn4)ccc2)-c2c(-c4ccccc4)cccc2-c2ccccc2-c2ccccc2B31.[Pt]. The molecule has 10 aromatic rings. The minimum atomic E-state index is -0.123. The van der Waals surface area contributed by atoms with Crippen LogP contribution in [-0.2, 0) is 26.5 Å². The van der Waals surface area contributed by atoms with Crippen LogP contribution in [0, 0.1) is 18.5 Å². The molecule has 0 saturated heterocycles. The van der Waals surface area contributed by atoms with E-state index in [-0.39, 0.29) is 33.3 Å². The molecule has 6 nitrogen and oxygen atoms in total. The molecule has 5 heterocycles. The van der Waals surface area contributed by atoms with Gasteiger partial charge in [-0.1, -0.05) is 142 Å². The van der Waals surface area contributed by atoms with E-state index in [9.17, 15) is 0 Å². The van der Waals surface area contributed by atoms with E-state index in [0.29, 0.717) is 11.5 Å². The molecule has 8 heteroatoms. The van der Waals surface area contributed by atoms with Gasteiger partial charge in [-0.05, 0) is 98.4 Å². The van der Waals surface area contributed by atoms with Crippen molar-refractivity contribution in [3.05, 3.63) is 206 Å². The van der Waals surface area contributed by atoms with E-state index >= 15 is 0 Å². The molecule has 0 bridgehead atoms. The van der Waals surface area contributed by atoms with Gasteiger partial charge in [-0.15, -0.1) is 29.7 Å². The minimum Gasteiger partial charge on any atom is -0.510 e. The molecule has 2 aliphatic rings. The van der Waals surface area contributed by atoms with Gasteiger partial charge < -0.3 is 18.7 Å². The molecule has 7 aromatic carbocycles. The number of nitrogens with zero attached hydrogens (tertiary/aromatic N) is 5. The second-order valence-corrected chi connectivity index (χ2v) is 17.7. The molecule has 65 heavy (non-hydrogen) atoms. The summed E-state index contributed by atoms with van der Waals surface area (Å²) >= 11 is 0. The van der Waals surface area contributed by atoms with E-state index in [2.05, 4.69) is 223 Å². The topological polar surface area (TPSA) is 39.1 Å². The summed E-state index contributed by atoms with van der Waals surface area (Å²) in [5.74, 6) is 2.01. The molecule has 3 aromatic heterocycles. The van der Waals surface area contributed by atoms with Crippen LogP contribution in [0.25, 0.3) is 78.5 Å². The number of ether oxygens (including phenoxy) is 1. The molecule has 2 aliphatic heterocycles. The van der Waals surface area contributed by atoms with Crippen LogP contribution in [0.3, 0.4) is 0 Å². The number of imidazole rings is 1. The number of rotatable bonds is 5. The number of benzene rings is 7. The van der Waals surface area contributed by atoms with Gasteiger partial charge in [0.25, 0.3) is 6.33 Å². The minimum absolute atomic E-state index is 0. The van der Waals surface area contributed by atoms with Crippen molar-refractivity contribution in [1.82, 2.24) is 18.9 Å². The maximum Gasteiger partial charge on any atom is 0.320 e. The molecular weight excluding hydrogens is 977 g/mol. The third-order valence-electron chi connectivity index (χ3n) is 12.8. The summed E-state index contributed by atoms with van der Waals surface area (Å²) in [4.78, 5) is 7.19. The van der Waals surface area contributed by atoms with Crippen LogP contribution in [0.4, 0.5) is 0 Å².